The maximum absolute atomic E-state index is 5.18. The van der Waals surface area contributed by atoms with E-state index in [0.29, 0.717) is 5.82 Å². The summed E-state index contributed by atoms with van der Waals surface area (Å²) in [7, 11) is 5.46. The zero-order chi connectivity index (χ0) is 17.6. The van der Waals surface area contributed by atoms with Crippen molar-refractivity contribution in [2.75, 3.05) is 12.4 Å². The molecule has 0 aliphatic carbocycles. The largest absolute Gasteiger partial charge is 0.497 e. The first-order valence-corrected chi connectivity index (χ1v) is 7.77. The lowest BCUT2D eigenvalue weighted by Gasteiger charge is -2.08. The van der Waals surface area contributed by atoms with Gasteiger partial charge < -0.3 is 14.6 Å². The second kappa shape index (κ2) is 7.48. The first-order chi connectivity index (χ1) is 12.2. The van der Waals surface area contributed by atoms with Crippen LogP contribution in [0.1, 0.15) is 5.56 Å². The Balaban J connectivity index is 1.88. The molecule has 0 fully saturated rings. The van der Waals surface area contributed by atoms with Gasteiger partial charge in [0.1, 0.15) is 5.75 Å². The predicted octanol–water partition coefficient (Wildman–Crippen LogP) is 2.48. The zero-order valence-corrected chi connectivity index (χ0v) is 14.4. The van der Waals surface area contributed by atoms with Gasteiger partial charge in [-0.05, 0) is 30.3 Å². The average Bonchev–Trinajstić information content (AvgIpc) is 3.03. The van der Waals surface area contributed by atoms with Crippen LogP contribution in [0.5, 0.6) is 5.75 Å². The van der Waals surface area contributed by atoms with Crippen molar-refractivity contribution in [2.24, 2.45) is 19.1 Å². The molecule has 0 radical (unpaired) electrons. The van der Waals surface area contributed by atoms with E-state index in [2.05, 4.69) is 20.4 Å². The predicted molar refractivity (Wildman–Crippen MR) is 97.3 cm³/mol. The van der Waals surface area contributed by atoms with E-state index in [9.17, 15) is 0 Å². The molecular formula is C18H20N6O. The number of hydrogen-bond donors (Lipinski definition) is 1. The molecule has 0 spiro atoms. The van der Waals surface area contributed by atoms with E-state index in [-0.39, 0.29) is 0 Å². The molecule has 7 nitrogen and oxygen atoms in total. The molecule has 0 saturated carbocycles. The Morgan fingerprint density at radius 1 is 1.20 bits per heavy atom. The van der Waals surface area contributed by atoms with E-state index < -0.39 is 0 Å². The van der Waals surface area contributed by atoms with E-state index in [4.69, 9.17) is 4.74 Å². The van der Waals surface area contributed by atoms with Gasteiger partial charge in [0.05, 0.1) is 13.3 Å². The Bertz CT molecular complexity index is 937. The fourth-order valence-corrected chi connectivity index (χ4v) is 2.27. The van der Waals surface area contributed by atoms with Crippen LogP contribution < -0.4 is 15.5 Å². The van der Waals surface area contributed by atoms with E-state index in [1.165, 1.54) is 0 Å². The van der Waals surface area contributed by atoms with Crippen LogP contribution in [0.3, 0.4) is 0 Å². The smallest absolute Gasteiger partial charge is 0.175 e. The van der Waals surface area contributed by atoms with Crippen LogP contribution in [0.2, 0.25) is 0 Å². The molecule has 2 heterocycles. The highest BCUT2D eigenvalue weighted by Crippen LogP contribution is 2.17. The Kier molecular flexibility index (Phi) is 4.94. The summed E-state index contributed by atoms with van der Waals surface area (Å²) in [4.78, 5) is 8.94. The van der Waals surface area contributed by atoms with Gasteiger partial charge in [-0.2, -0.15) is 5.10 Å². The van der Waals surface area contributed by atoms with Crippen molar-refractivity contribution >= 4 is 17.6 Å². The van der Waals surface area contributed by atoms with Gasteiger partial charge in [-0.1, -0.05) is 0 Å². The van der Waals surface area contributed by atoms with E-state index in [1.807, 2.05) is 61.4 Å². The summed E-state index contributed by atoms with van der Waals surface area (Å²) in [6.07, 6.45) is 10.9. The quantitative estimate of drug-likeness (QED) is 0.777. The Morgan fingerprint density at radius 3 is 2.68 bits per heavy atom. The fourth-order valence-electron chi connectivity index (χ4n) is 2.27. The van der Waals surface area contributed by atoms with Crippen LogP contribution in [-0.2, 0) is 14.1 Å². The number of aromatic nitrogens is 4. The van der Waals surface area contributed by atoms with Crippen molar-refractivity contribution in [3.05, 3.63) is 66.3 Å². The van der Waals surface area contributed by atoms with Gasteiger partial charge in [-0.25, -0.2) is 9.98 Å². The van der Waals surface area contributed by atoms with E-state index in [0.717, 1.165) is 22.5 Å². The summed E-state index contributed by atoms with van der Waals surface area (Å²) in [5.41, 5.74) is 2.62. The van der Waals surface area contributed by atoms with Crippen molar-refractivity contribution in [3.8, 4) is 5.75 Å². The molecule has 2 aromatic heterocycles. The summed E-state index contributed by atoms with van der Waals surface area (Å²) in [6, 6.07) is 7.65. The number of nitrogens with zero attached hydrogens (tertiary/aromatic N) is 5. The van der Waals surface area contributed by atoms with Gasteiger partial charge in [-0.15, -0.1) is 0 Å². The van der Waals surface area contributed by atoms with Gasteiger partial charge in [0.15, 0.2) is 11.3 Å². The summed E-state index contributed by atoms with van der Waals surface area (Å²) >= 11 is 0. The third-order valence-electron chi connectivity index (χ3n) is 3.58. The van der Waals surface area contributed by atoms with Crippen LogP contribution in [0.15, 0.2) is 60.2 Å². The highest BCUT2D eigenvalue weighted by atomic mass is 16.5. The van der Waals surface area contributed by atoms with E-state index >= 15 is 0 Å². The van der Waals surface area contributed by atoms with Gasteiger partial charge in [0.2, 0.25) is 0 Å². The molecule has 3 aromatic rings. The molecule has 1 aromatic carbocycles. The first-order valence-electron chi connectivity index (χ1n) is 7.77. The second-order valence-electron chi connectivity index (χ2n) is 5.46. The number of anilines is 2. The first kappa shape index (κ1) is 16.5. The lowest BCUT2D eigenvalue weighted by atomic mass is 10.3. The Hall–Kier alpha value is -3.35. The van der Waals surface area contributed by atoms with Crippen LogP contribution in [0.4, 0.5) is 11.5 Å². The van der Waals surface area contributed by atoms with Gasteiger partial charge in [0, 0.05) is 50.1 Å². The highest BCUT2D eigenvalue weighted by Gasteiger charge is 2.02. The van der Waals surface area contributed by atoms with Crippen LogP contribution in [0, 0.1) is 0 Å². The monoisotopic (exact) mass is 336 g/mol. The van der Waals surface area contributed by atoms with Crippen molar-refractivity contribution < 1.29 is 4.74 Å². The van der Waals surface area contributed by atoms with Crippen LogP contribution >= 0.6 is 0 Å². The molecule has 7 heteroatoms. The van der Waals surface area contributed by atoms with Crippen molar-refractivity contribution in [1.29, 1.82) is 0 Å². The molecule has 0 aliphatic heterocycles. The number of rotatable bonds is 5. The standard InChI is InChI=1S/C18H20N6O/c1-23-11-10-19-17(22-15-4-6-16(25-3)7-5-15)18(23)20-9-8-14-12-21-24(2)13-14/h4-13H,1-3H3,(H,19,22)/b9-8+,20-18?. The number of benzene rings is 1. The Morgan fingerprint density at radius 2 is 2.00 bits per heavy atom. The van der Waals surface area contributed by atoms with Crippen LogP contribution in [-0.4, -0.2) is 26.4 Å². The topological polar surface area (TPSA) is 69.3 Å². The number of hydrogen-bond acceptors (Lipinski definition) is 5. The van der Waals surface area contributed by atoms with Gasteiger partial charge in [0.25, 0.3) is 0 Å². The van der Waals surface area contributed by atoms with Crippen molar-refractivity contribution in [3.63, 3.8) is 0 Å². The SMILES string of the molecule is COc1ccc(Nc2nccn(C)c2=N/C=C/c2cnn(C)c2)cc1. The maximum Gasteiger partial charge on any atom is 0.175 e. The maximum atomic E-state index is 5.18. The highest BCUT2D eigenvalue weighted by molar-refractivity contribution is 5.56. The minimum absolute atomic E-state index is 0.672. The molecule has 128 valence electrons. The lowest BCUT2D eigenvalue weighted by Crippen LogP contribution is -2.21. The lowest BCUT2D eigenvalue weighted by molar-refractivity contribution is 0.415. The third kappa shape index (κ3) is 4.14. The molecule has 0 atom stereocenters. The summed E-state index contributed by atoms with van der Waals surface area (Å²) < 4.78 is 8.84. The second-order valence-corrected chi connectivity index (χ2v) is 5.46. The number of nitrogens with one attached hydrogen (secondary N) is 1. The molecular weight excluding hydrogens is 316 g/mol. The minimum atomic E-state index is 0.672. The van der Waals surface area contributed by atoms with E-state index in [1.54, 1.807) is 30.4 Å². The molecule has 25 heavy (non-hydrogen) atoms. The summed E-state index contributed by atoms with van der Waals surface area (Å²) in [5, 5.41) is 7.42. The normalized spacial score (nSPS) is 11.9. The van der Waals surface area contributed by atoms with Crippen molar-refractivity contribution in [2.45, 2.75) is 0 Å². The molecule has 0 unspecified atom stereocenters. The number of ether oxygens (including phenoxy) is 1. The molecule has 3 rings (SSSR count). The van der Waals surface area contributed by atoms with Gasteiger partial charge >= 0.3 is 0 Å². The molecule has 0 saturated heterocycles. The average molecular weight is 336 g/mol. The third-order valence-corrected chi connectivity index (χ3v) is 3.58. The van der Waals surface area contributed by atoms with Crippen LogP contribution in [0.25, 0.3) is 6.08 Å². The summed E-state index contributed by atoms with van der Waals surface area (Å²) in [6.45, 7) is 0. The molecule has 0 aliphatic rings. The van der Waals surface area contributed by atoms with Crippen molar-refractivity contribution in [1.82, 2.24) is 19.3 Å². The minimum Gasteiger partial charge on any atom is -0.497 e. The molecule has 0 amide bonds. The zero-order valence-electron chi connectivity index (χ0n) is 14.4. The fraction of sp³-hybridized carbons (Fsp3) is 0.167. The molecule has 0 bridgehead atoms. The molecule has 1 N–H and O–H groups in total. The number of aryl methyl sites for hydroxylation is 2. The van der Waals surface area contributed by atoms with Gasteiger partial charge in [-0.3, -0.25) is 4.68 Å². The summed E-state index contributed by atoms with van der Waals surface area (Å²) in [5.74, 6) is 1.48. The number of methoxy groups -OCH3 is 1. The Labute approximate surface area is 145 Å².